The van der Waals surface area contributed by atoms with Crippen LogP contribution in [-0.4, -0.2) is 11.8 Å². The molecule has 2 atom stereocenters. The zero-order valence-corrected chi connectivity index (χ0v) is 8.68. The van der Waals surface area contributed by atoms with E-state index in [1.807, 2.05) is 0 Å². The first kappa shape index (κ1) is 9.36. The van der Waals surface area contributed by atoms with Gasteiger partial charge in [0.2, 0.25) is 0 Å². The number of thiol groups is 1. The molecule has 0 fully saturated rings. The molecule has 0 saturated heterocycles. The predicted octanol–water partition coefficient (Wildman–Crippen LogP) is 2.10. The van der Waals surface area contributed by atoms with Crippen molar-refractivity contribution in [2.24, 2.45) is 11.7 Å². The van der Waals surface area contributed by atoms with Gasteiger partial charge in [0.05, 0.1) is 0 Å². The van der Waals surface area contributed by atoms with E-state index >= 15 is 0 Å². The largest absolute Gasteiger partial charge is 0.326 e. The Bertz CT molecular complexity index is 189. The second-order valence-electron chi connectivity index (χ2n) is 2.69. The molecule has 0 radical (unpaired) electrons. The highest BCUT2D eigenvalue weighted by atomic mass is 79.9. The fraction of sp³-hybridized carbons (Fsp3) is 0.500. The van der Waals surface area contributed by atoms with Crippen molar-refractivity contribution >= 4 is 28.6 Å². The van der Waals surface area contributed by atoms with Crippen LogP contribution in [-0.2, 0) is 0 Å². The van der Waals surface area contributed by atoms with Crippen LogP contribution in [0, 0.1) is 5.92 Å². The second kappa shape index (κ2) is 4.33. The van der Waals surface area contributed by atoms with E-state index < -0.39 is 0 Å². The minimum Gasteiger partial charge on any atom is -0.326 e. The molecule has 11 heavy (non-hydrogen) atoms. The van der Waals surface area contributed by atoms with Gasteiger partial charge in [-0.2, -0.15) is 12.6 Å². The monoisotopic (exact) mass is 233 g/mol. The summed E-state index contributed by atoms with van der Waals surface area (Å²) in [5.74, 6) is 1.22. The predicted molar refractivity (Wildman–Crippen MR) is 56.1 cm³/mol. The lowest BCUT2D eigenvalue weighted by molar-refractivity contribution is 0.545. The van der Waals surface area contributed by atoms with Gasteiger partial charge in [-0.25, -0.2) is 0 Å². The summed E-state index contributed by atoms with van der Waals surface area (Å²) in [7, 11) is 0. The van der Waals surface area contributed by atoms with Crippen molar-refractivity contribution < 1.29 is 0 Å². The number of hydrogen-bond donors (Lipinski definition) is 2. The zero-order valence-electron chi connectivity index (χ0n) is 6.20. The van der Waals surface area contributed by atoms with E-state index in [9.17, 15) is 0 Å². The van der Waals surface area contributed by atoms with Gasteiger partial charge in [0.25, 0.3) is 0 Å². The quantitative estimate of drug-likeness (QED) is 0.703. The van der Waals surface area contributed by atoms with Crippen molar-refractivity contribution in [2.75, 3.05) is 5.75 Å². The van der Waals surface area contributed by atoms with Crippen LogP contribution in [0.15, 0.2) is 22.7 Å². The van der Waals surface area contributed by atoms with E-state index in [0.717, 1.165) is 16.7 Å². The van der Waals surface area contributed by atoms with E-state index in [-0.39, 0.29) is 6.04 Å². The molecule has 1 nitrogen and oxygen atoms in total. The topological polar surface area (TPSA) is 26.0 Å². The maximum atomic E-state index is 5.82. The first-order valence-electron chi connectivity index (χ1n) is 3.64. The highest BCUT2D eigenvalue weighted by Crippen LogP contribution is 2.21. The molecule has 1 aliphatic rings. The zero-order chi connectivity index (χ0) is 8.27. The standard InChI is InChI=1S/C8H12BrNS/c9-7-3-1-6(2-4-7)8(10)5-11/h1,3-4,6,8,11H,2,5,10H2. The van der Waals surface area contributed by atoms with Crippen molar-refractivity contribution in [3.05, 3.63) is 22.7 Å². The Hall–Kier alpha value is 0.270. The molecule has 0 aromatic heterocycles. The Morgan fingerprint density at radius 1 is 1.82 bits per heavy atom. The third kappa shape index (κ3) is 2.65. The van der Waals surface area contributed by atoms with Crippen molar-refractivity contribution in [1.82, 2.24) is 0 Å². The summed E-state index contributed by atoms with van der Waals surface area (Å²) in [5, 5.41) is 0. The Kier molecular flexibility index (Phi) is 3.69. The molecular weight excluding hydrogens is 222 g/mol. The summed E-state index contributed by atoms with van der Waals surface area (Å²) in [6.07, 6.45) is 7.37. The summed E-state index contributed by atoms with van der Waals surface area (Å²) in [6.45, 7) is 0. The average Bonchev–Trinajstić information content (AvgIpc) is 2.05. The minimum atomic E-state index is 0.187. The fourth-order valence-corrected chi connectivity index (χ4v) is 1.67. The van der Waals surface area contributed by atoms with Gasteiger partial charge in [0.15, 0.2) is 0 Å². The summed E-state index contributed by atoms with van der Waals surface area (Å²) in [6, 6.07) is 0.187. The maximum absolute atomic E-state index is 5.82. The molecule has 0 heterocycles. The summed E-state index contributed by atoms with van der Waals surface area (Å²) in [4.78, 5) is 0. The summed E-state index contributed by atoms with van der Waals surface area (Å²) >= 11 is 7.56. The van der Waals surface area contributed by atoms with E-state index in [2.05, 4.69) is 46.8 Å². The van der Waals surface area contributed by atoms with Gasteiger partial charge in [-0.15, -0.1) is 0 Å². The van der Waals surface area contributed by atoms with Gasteiger partial charge in [-0.05, 0) is 12.3 Å². The maximum Gasteiger partial charge on any atom is 0.0194 e. The number of allylic oxidation sites excluding steroid dienone is 3. The molecule has 0 aromatic carbocycles. The Morgan fingerprint density at radius 2 is 2.55 bits per heavy atom. The van der Waals surface area contributed by atoms with Crippen LogP contribution in [0.1, 0.15) is 6.42 Å². The SMILES string of the molecule is NC(CS)C1C=CC(Br)=CC1. The lowest BCUT2D eigenvalue weighted by atomic mass is 9.94. The molecule has 0 aromatic rings. The Labute approximate surface area is 81.3 Å². The normalized spacial score (nSPS) is 26.5. The first-order valence-corrected chi connectivity index (χ1v) is 5.07. The Balaban J connectivity index is 2.48. The molecule has 0 aliphatic heterocycles. The van der Waals surface area contributed by atoms with Crippen molar-refractivity contribution in [3.8, 4) is 0 Å². The molecule has 1 rings (SSSR count). The smallest absolute Gasteiger partial charge is 0.0194 e. The van der Waals surface area contributed by atoms with Crippen molar-refractivity contribution in [3.63, 3.8) is 0 Å². The number of rotatable bonds is 2. The van der Waals surface area contributed by atoms with Crippen molar-refractivity contribution in [2.45, 2.75) is 12.5 Å². The molecule has 2 unspecified atom stereocenters. The van der Waals surface area contributed by atoms with Crippen LogP contribution in [0.3, 0.4) is 0 Å². The van der Waals surface area contributed by atoms with Crippen LogP contribution in [0.2, 0.25) is 0 Å². The van der Waals surface area contributed by atoms with Crippen LogP contribution in [0.4, 0.5) is 0 Å². The Morgan fingerprint density at radius 3 is 3.00 bits per heavy atom. The molecule has 0 saturated carbocycles. The van der Waals surface area contributed by atoms with E-state index in [4.69, 9.17) is 5.73 Å². The van der Waals surface area contributed by atoms with Gasteiger partial charge < -0.3 is 5.73 Å². The number of hydrogen-bond acceptors (Lipinski definition) is 2. The summed E-state index contributed by atoms with van der Waals surface area (Å²) in [5.41, 5.74) is 5.82. The average molecular weight is 234 g/mol. The lowest BCUT2D eigenvalue weighted by Gasteiger charge is -2.19. The van der Waals surface area contributed by atoms with E-state index in [1.165, 1.54) is 0 Å². The van der Waals surface area contributed by atoms with Gasteiger partial charge in [0, 0.05) is 16.3 Å². The minimum absolute atomic E-state index is 0.187. The highest BCUT2D eigenvalue weighted by Gasteiger charge is 2.14. The van der Waals surface area contributed by atoms with Crippen LogP contribution in [0.25, 0.3) is 0 Å². The lowest BCUT2D eigenvalue weighted by Crippen LogP contribution is -2.30. The molecule has 2 N–H and O–H groups in total. The first-order chi connectivity index (χ1) is 5.24. The molecular formula is C8H12BrNS. The molecule has 3 heteroatoms. The number of nitrogens with two attached hydrogens (primary N) is 1. The highest BCUT2D eigenvalue weighted by molar-refractivity contribution is 9.11. The van der Waals surface area contributed by atoms with E-state index in [0.29, 0.717) is 5.92 Å². The van der Waals surface area contributed by atoms with Gasteiger partial charge in [-0.3, -0.25) is 0 Å². The van der Waals surface area contributed by atoms with Gasteiger partial charge in [0.1, 0.15) is 0 Å². The molecule has 0 bridgehead atoms. The molecule has 1 aliphatic carbocycles. The molecule has 0 spiro atoms. The van der Waals surface area contributed by atoms with Gasteiger partial charge in [-0.1, -0.05) is 34.2 Å². The van der Waals surface area contributed by atoms with Gasteiger partial charge >= 0.3 is 0 Å². The fourth-order valence-electron chi connectivity index (χ4n) is 1.06. The number of halogens is 1. The van der Waals surface area contributed by atoms with E-state index in [1.54, 1.807) is 0 Å². The van der Waals surface area contributed by atoms with Crippen LogP contribution >= 0.6 is 28.6 Å². The van der Waals surface area contributed by atoms with Crippen LogP contribution in [0.5, 0.6) is 0 Å². The molecule has 62 valence electrons. The van der Waals surface area contributed by atoms with Crippen LogP contribution < -0.4 is 5.73 Å². The summed E-state index contributed by atoms with van der Waals surface area (Å²) < 4.78 is 1.15. The molecule has 0 amide bonds. The van der Waals surface area contributed by atoms with Crippen molar-refractivity contribution in [1.29, 1.82) is 0 Å². The second-order valence-corrected chi connectivity index (χ2v) is 3.97. The third-order valence-electron chi connectivity index (χ3n) is 1.85. The third-order valence-corrected chi connectivity index (χ3v) is 2.86.